The van der Waals surface area contributed by atoms with Crippen molar-refractivity contribution in [3.63, 3.8) is 0 Å². The average Bonchev–Trinajstić information content (AvgIpc) is 1.99. The molecule has 0 aliphatic rings. The maximum Gasteiger partial charge on any atom is 0.350 e. The van der Waals surface area contributed by atoms with Crippen LogP contribution < -0.4 is 16.3 Å². The summed E-state index contributed by atoms with van der Waals surface area (Å²) in [7, 11) is 2.83. The molecule has 2 N–H and O–H groups in total. The first kappa shape index (κ1) is 9.30. The lowest BCUT2D eigenvalue weighted by molar-refractivity contribution is 0.363. The van der Waals surface area contributed by atoms with Gasteiger partial charge in [0.1, 0.15) is 0 Å². The summed E-state index contributed by atoms with van der Waals surface area (Å²) in [4.78, 5) is 23.3. The molecule has 0 bridgehead atoms. The van der Waals surface area contributed by atoms with Crippen LogP contribution in [0, 0.1) is 5.82 Å². The molecule has 0 saturated carbocycles. The van der Waals surface area contributed by atoms with Gasteiger partial charge in [-0.1, -0.05) is 0 Å². The highest BCUT2D eigenvalue weighted by Crippen LogP contribution is 2.05. The zero-order chi connectivity index (χ0) is 10.2. The fourth-order valence-corrected chi connectivity index (χ4v) is 0.867. The lowest BCUT2D eigenvalue weighted by Gasteiger charge is -2.15. The summed E-state index contributed by atoms with van der Waals surface area (Å²) in [6.07, 6.45) is 0. The molecule has 6 nitrogen and oxygen atoms in total. The second-order valence-electron chi connectivity index (χ2n) is 2.56. The Labute approximate surface area is 71.8 Å². The van der Waals surface area contributed by atoms with Crippen LogP contribution >= 0.6 is 0 Å². The van der Waals surface area contributed by atoms with E-state index in [-0.39, 0.29) is 0 Å². The van der Waals surface area contributed by atoms with Gasteiger partial charge in [0.2, 0.25) is 5.82 Å². The van der Waals surface area contributed by atoms with E-state index < -0.39 is 22.9 Å². The van der Waals surface area contributed by atoms with E-state index >= 15 is 0 Å². The zero-order valence-electron chi connectivity index (χ0n) is 7.04. The van der Waals surface area contributed by atoms with Crippen LogP contribution in [0.2, 0.25) is 0 Å². The molecular formula is C6H8FN3O3. The summed E-state index contributed by atoms with van der Waals surface area (Å²) < 4.78 is 13.3. The average molecular weight is 189 g/mol. The van der Waals surface area contributed by atoms with Gasteiger partial charge in [0.25, 0.3) is 11.4 Å². The van der Waals surface area contributed by atoms with E-state index in [9.17, 15) is 14.0 Å². The van der Waals surface area contributed by atoms with Crippen LogP contribution in [0.4, 0.5) is 4.39 Å². The van der Waals surface area contributed by atoms with E-state index in [1.54, 1.807) is 4.98 Å². The molecule has 0 unspecified atom stereocenters. The van der Waals surface area contributed by atoms with Crippen LogP contribution in [-0.2, 0) is 0 Å². The van der Waals surface area contributed by atoms with Crippen LogP contribution in [0.3, 0.4) is 0 Å². The van der Waals surface area contributed by atoms with Gasteiger partial charge < -0.3 is 10.1 Å². The van der Waals surface area contributed by atoms with Gasteiger partial charge in [0, 0.05) is 14.1 Å². The third kappa shape index (κ3) is 1.40. The van der Waals surface area contributed by atoms with E-state index in [4.69, 9.17) is 5.11 Å². The second kappa shape index (κ2) is 2.92. The quantitative estimate of drug-likeness (QED) is 0.568. The summed E-state index contributed by atoms with van der Waals surface area (Å²) in [6, 6.07) is 0. The first-order valence-electron chi connectivity index (χ1n) is 3.36. The maximum atomic E-state index is 12.8. The highest BCUT2D eigenvalue weighted by molar-refractivity contribution is 5.11. The highest BCUT2D eigenvalue weighted by atomic mass is 19.1. The number of aromatic nitrogens is 2. The number of nitrogens with zero attached hydrogens (tertiary/aromatic N) is 2. The third-order valence-corrected chi connectivity index (χ3v) is 1.41. The fraction of sp³-hybridized carbons (Fsp3) is 0.333. The van der Waals surface area contributed by atoms with Crippen LogP contribution in [0.15, 0.2) is 9.59 Å². The van der Waals surface area contributed by atoms with E-state index in [0.29, 0.717) is 4.68 Å². The minimum Gasteiger partial charge on any atom is -0.491 e. The normalized spacial score (nSPS) is 10.1. The number of hydrogen-bond acceptors (Lipinski definition) is 4. The molecule has 1 heterocycles. The van der Waals surface area contributed by atoms with Crippen molar-refractivity contribution in [3.05, 3.63) is 26.7 Å². The standard InChI is InChI=1S/C6H8FN3O3/c1-9(2)10-5(12)3(7)4(11)8-6(10)13/h12H,1-2H3,(H,8,11,13). The lowest BCUT2D eigenvalue weighted by atomic mass is 10.6. The Bertz CT molecular complexity index is 434. The Morgan fingerprint density at radius 2 is 2.00 bits per heavy atom. The molecular weight excluding hydrogens is 181 g/mol. The lowest BCUT2D eigenvalue weighted by Crippen LogP contribution is -2.41. The van der Waals surface area contributed by atoms with Crippen molar-refractivity contribution in [2.45, 2.75) is 0 Å². The molecule has 1 rings (SSSR count). The van der Waals surface area contributed by atoms with E-state index in [2.05, 4.69) is 0 Å². The maximum absolute atomic E-state index is 12.8. The number of nitrogens with one attached hydrogen (secondary N) is 1. The van der Waals surface area contributed by atoms with Crippen molar-refractivity contribution in [1.29, 1.82) is 0 Å². The van der Waals surface area contributed by atoms with Gasteiger partial charge in [-0.3, -0.25) is 9.78 Å². The summed E-state index contributed by atoms with van der Waals surface area (Å²) in [5, 5.41) is 10.2. The smallest absolute Gasteiger partial charge is 0.350 e. The van der Waals surface area contributed by atoms with Crippen LogP contribution in [0.25, 0.3) is 0 Å². The molecule has 0 aliphatic carbocycles. The van der Waals surface area contributed by atoms with Gasteiger partial charge in [-0.15, -0.1) is 0 Å². The van der Waals surface area contributed by atoms with Gasteiger partial charge in [-0.2, -0.15) is 9.07 Å². The first-order valence-corrected chi connectivity index (χ1v) is 3.36. The van der Waals surface area contributed by atoms with Gasteiger partial charge in [0.05, 0.1) is 0 Å². The van der Waals surface area contributed by atoms with Crippen molar-refractivity contribution in [3.8, 4) is 5.88 Å². The van der Waals surface area contributed by atoms with E-state index in [1.165, 1.54) is 14.1 Å². The molecule has 0 saturated heterocycles. The topological polar surface area (TPSA) is 78.3 Å². The Kier molecular flexibility index (Phi) is 2.09. The predicted molar refractivity (Wildman–Crippen MR) is 43.0 cm³/mol. The zero-order valence-corrected chi connectivity index (χ0v) is 7.04. The summed E-state index contributed by atoms with van der Waals surface area (Å²) in [5.74, 6) is -2.38. The molecule has 0 aliphatic heterocycles. The minimum absolute atomic E-state index is 0.594. The molecule has 13 heavy (non-hydrogen) atoms. The van der Waals surface area contributed by atoms with Crippen molar-refractivity contribution < 1.29 is 9.50 Å². The second-order valence-corrected chi connectivity index (χ2v) is 2.56. The van der Waals surface area contributed by atoms with Crippen LogP contribution in [0.1, 0.15) is 0 Å². The Hall–Kier alpha value is -1.79. The molecule has 0 radical (unpaired) electrons. The Morgan fingerprint density at radius 1 is 1.46 bits per heavy atom. The van der Waals surface area contributed by atoms with Crippen molar-refractivity contribution in [2.24, 2.45) is 0 Å². The largest absolute Gasteiger partial charge is 0.491 e. The summed E-state index contributed by atoms with van der Waals surface area (Å²) >= 11 is 0. The van der Waals surface area contributed by atoms with Crippen LogP contribution in [0.5, 0.6) is 5.88 Å². The van der Waals surface area contributed by atoms with E-state index in [0.717, 1.165) is 5.01 Å². The molecule has 1 aromatic heterocycles. The summed E-state index contributed by atoms with van der Waals surface area (Å²) in [5.41, 5.74) is -2.13. The number of H-pyrrole nitrogens is 1. The molecule has 0 amide bonds. The molecule has 0 atom stereocenters. The van der Waals surface area contributed by atoms with Crippen molar-refractivity contribution >= 4 is 0 Å². The third-order valence-electron chi connectivity index (χ3n) is 1.41. The minimum atomic E-state index is -1.38. The number of halogens is 1. The van der Waals surface area contributed by atoms with Crippen molar-refractivity contribution in [1.82, 2.24) is 9.66 Å². The molecule has 0 aromatic carbocycles. The molecule has 7 heteroatoms. The number of hydrogen-bond donors (Lipinski definition) is 2. The Balaban J connectivity index is 3.63. The van der Waals surface area contributed by atoms with E-state index in [1.807, 2.05) is 0 Å². The van der Waals surface area contributed by atoms with Gasteiger partial charge in [-0.05, 0) is 0 Å². The fourth-order valence-electron chi connectivity index (χ4n) is 0.867. The van der Waals surface area contributed by atoms with Gasteiger partial charge in [0.15, 0.2) is 0 Å². The molecule has 0 fully saturated rings. The number of aromatic amines is 1. The highest BCUT2D eigenvalue weighted by Gasteiger charge is 2.14. The SMILES string of the molecule is CN(C)n1c(O)c(F)c(=O)[nH]c1=O. The molecule has 1 aromatic rings. The molecule has 0 spiro atoms. The van der Waals surface area contributed by atoms with Crippen molar-refractivity contribution in [2.75, 3.05) is 19.1 Å². The molecule has 72 valence electrons. The predicted octanol–water partition coefficient (Wildman–Crippen LogP) is -1.42. The number of rotatable bonds is 1. The first-order chi connectivity index (χ1) is 5.95. The van der Waals surface area contributed by atoms with Gasteiger partial charge in [-0.25, -0.2) is 4.79 Å². The van der Waals surface area contributed by atoms with Crippen LogP contribution in [-0.4, -0.2) is 28.9 Å². The summed E-state index contributed by atoms with van der Waals surface area (Å²) in [6.45, 7) is 0. The monoisotopic (exact) mass is 189 g/mol. The Morgan fingerprint density at radius 3 is 2.46 bits per heavy atom. The number of aromatic hydroxyl groups is 1. The van der Waals surface area contributed by atoms with Gasteiger partial charge >= 0.3 is 5.69 Å².